The number of tetrazole rings is 1. The Bertz CT molecular complexity index is 675. The lowest BCUT2D eigenvalue weighted by Crippen LogP contribution is -2.32. The number of aromatic nitrogens is 4. The summed E-state index contributed by atoms with van der Waals surface area (Å²) in [7, 11) is 0. The van der Waals surface area contributed by atoms with Gasteiger partial charge in [0.2, 0.25) is 0 Å². The largest absolute Gasteiger partial charge is 0.371 e. The van der Waals surface area contributed by atoms with E-state index in [4.69, 9.17) is 0 Å². The van der Waals surface area contributed by atoms with Crippen LogP contribution in [-0.4, -0.2) is 51.3 Å². The third-order valence-electron chi connectivity index (χ3n) is 5.22. The van der Waals surface area contributed by atoms with Crippen molar-refractivity contribution in [3.05, 3.63) is 36.2 Å². The van der Waals surface area contributed by atoms with Gasteiger partial charge in [0.1, 0.15) is 0 Å². The summed E-state index contributed by atoms with van der Waals surface area (Å²) in [5.41, 5.74) is 1.29. The topological polar surface area (TPSA) is 50.1 Å². The number of nitrogens with zero attached hydrogens (tertiary/aromatic N) is 6. The highest BCUT2D eigenvalue weighted by Crippen LogP contribution is 2.34. The third-order valence-corrected chi connectivity index (χ3v) is 5.22. The molecule has 2 aromatic rings. The molecule has 0 bridgehead atoms. The molecule has 128 valence electrons. The Hall–Kier alpha value is -1.95. The zero-order chi connectivity index (χ0) is 16.7. The number of para-hydroxylation sites is 1. The van der Waals surface area contributed by atoms with E-state index < -0.39 is 0 Å². The Morgan fingerprint density at radius 2 is 1.67 bits per heavy atom. The molecule has 0 aliphatic carbocycles. The predicted octanol–water partition coefficient (Wildman–Crippen LogP) is 2.00. The first kappa shape index (κ1) is 15.6. The van der Waals surface area contributed by atoms with Crippen molar-refractivity contribution in [1.82, 2.24) is 25.1 Å². The van der Waals surface area contributed by atoms with Crippen molar-refractivity contribution in [2.45, 2.75) is 32.9 Å². The second-order valence-electron chi connectivity index (χ2n) is 8.13. The van der Waals surface area contributed by atoms with Crippen molar-refractivity contribution in [2.24, 2.45) is 11.8 Å². The van der Waals surface area contributed by atoms with Crippen LogP contribution in [0.25, 0.3) is 0 Å². The Kier molecular flexibility index (Phi) is 3.79. The summed E-state index contributed by atoms with van der Waals surface area (Å²) in [6.07, 6.45) is 0. The van der Waals surface area contributed by atoms with E-state index in [-0.39, 0.29) is 5.54 Å². The van der Waals surface area contributed by atoms with Crippen LogP contribution in [0.3, 0.4) is 0 Å². The van der Waals surface area contributed by atoms with E-state index in [1.54, 1.807) is 0 Å². The first-order chi connectivity index (χ1) is 11.5. The minimum atomic E-state index is -0.0709. The molecule has 0 unspecified atom stereocenters. The molecule has 4 rings (SSSR count). The molecule has 1 aromatic heterocycles. The highest BCUT2D eigenvalue weighted by atomic mass is 15.6. The van der Waals surface area contributed by atoms with Crippen molar-refractivity contribution in [3.8, 4) is 0 Å². The fourth-order valence-corrected chi connectivity index (χ4v) is 4.09. The highest BCUT2D eigenvalue weighted by molar-refractivity contribution is 5.47. The molecule has 6 nitrogen and oxygen atoms in total. The first-order valence-electron chi connectivity index (χ1n) is 8.81. The van der Waals surface area contributed by atoms with Gasteiger partial charge in [-0.1, -0.05) is 18.2 Å². The summed E-state index contributed by atoms with van der Waals surface area (Å²) in [6, 6.07) is 10.8. The van der Waals surface area contributed by atoms with E-state index in [9.17, 15) is 0 Å². The maximum absolute atomic E-state index is 4.25. The number of anilines is 1. The Labute approximate surface area is 143 Å². The maximum atomic E-state index is 4.25. The first-order valence-corrected chi connectivity index (χ1v) is 8.81. The standard InChI is InChI=1S/C18H26N6/c1-18(2,3)24-17(19-20-21-24)13-22-9-14-11-23(12-15(14)10-22)16-7-5-4-6-8-16/h4-8,14-15H,9-13H2,1-3H3/t14-,15-/m0/s1. The van der Waals surface area contributed by atoms with Crippen molar-refractivity contribution in [2.75, 3.05) is 31.1 Å². The van der Waals surface area contributed by atoms with Crippen LogP contribution in [0.15, 0.2) is 30.3 Å². The quantitative estimate of drug-likeness (QED) is 0.863. The minimum Gasteiger partial charge on any atom is -0.371 e. The molecular formula is C18H26N6. The number of fused-ring (bicyclic) bond motifs is 1. The predicted molar refractivity (Wildman–Crippen MR) is 93.7 cm³/mol. The molecule has 1 aromatic carbocycles. The number of benzene rings is 1. The Morgan fingerprint density at radius 1 is 1.00 bits per heavy atom. The van der Waals surface area contributed by atoms with E-state index in [2.05, 4.69) is 76.4 Å². The number of hydrogen-bond donors (Lipinski definition) is 0. The summed E-state index contributed by atoms with van der Waals surface area (Å²) >= 11 is 0. The normalized spacial score (nSPS) is 24.5. The van der Waals surface area contributed by atoms with Crippen LogP contribution in [0, 0.1) is 11.8 Å². The average molecular weight is 326 g/mol. The molecule has 3 heterocycles. The molecular weight excluding hydrogens is 300 g/mol. The second-order valence-corrected chi connectivity index (χ2v) is 8.13. The Morgan fingerprint density at radius 3 is 2.29 bits per heavy atom. The monoisotopic (exact) mass is 326 g/mol. The second kappa shape index (κ2) is 5.84. The molecule has 24 heavy (non-hydrogen) atoms. The lowest BCUT2D eigenvalue weighted by molar-refractivity contribution is 0.268. The van der Waals surface area contributed by atoms with E-state index in [1.165, 1.54) is 5.69 Å². The van der Waals surface area contributed by atoms with Crippen molar-refractivity contribution < 1.29 is 0 Å². The molecule has 2 atom stereocenters. The Balaban J connectivity index is 1.39. The molecule has 6 heteroatoms. The molecule has 2 fully saturated rings. The number of rotatable bonds is 3. The molecule has 2 saturated heterocycles. The van der Waals surface area contributed by atoms with Gasteiger partial charge in [-0.05, 0) is 55.2 Å². The van der Waals surface area contributed by atoms with Crippen LogP contribution in [0.4, 0.5) is 5.69 Å². The molecule has 0 radical (unpaired) electrons. The summed E-state index contributed by atoms with van der Waals surface area (Å²) in [5.74, 6) is 2.48. The van der Waals surface area contributed by atoms with E-state index in [0.717, 1.165) is 50.4 Å². The van der Waals surface area contributed by atoms with Crippen LogP contribution in [0.1, 0.15) is 26.6 Å². The summed E-state index contributed by atoms with van der Waals surface area (Å²) < 4.78 is 1.96. The van der Waals surface area contributed by atoms with Crippen molar-refractivity contribution in [1.29, 1.82) is 0 Å². The van der Waals surface area contributed by atoms with Crippen molar-refractivity contribution in [3.63, 3.8) is 0 Å². The fourth-order valence-electron chi connectivity index (χ4n) is 4.09. The van der Waals surface area contributed by atoms with Crippen molar-refractivity contribution >= 4 is 5.69 Å². The molecule has 2 aliphatic heterocycles. The van der Waals surface area contributed by atoms with Gasteiger partial charge in [-0.15, -0.1) is 5.10 Å². The summed E-state index contributed by atoms with van der Waals surface area (Å²) in [4.78, 5) is 5.05. The molecule has 0 spiro atoms. The van der Waals surface area contributed by atoms with Gasteiger partial charge in [0.05, 0.1) is 12.1 Å². The van der Waals surface area contributed by atoms with Gasteiger partial charge < -0.3 is 4.90 Å². The van der Waals surface area contributed by atoms with Gasteiger partial charge in [0, 0.05) is 31.9 Å². The lowest BCUT2D eigenvalue weighted by Gasteiger charge is -2.24. The van der Waals surface area contributed by atoms with Crippen LogP contribution >= 0.6 is 0 Å². The van der Waals surface area contributed by atoms with Crippen LogP contribution in [-0.2, 0) is 12.1 Å². The highest BCUT2D eigenvalue weighted by Gasteiger charge is 2.40. The van der Waals surface area contributed by atoms with Crippen LogP contribution in [0.2, 0.25) is 0 Å². The summed E-state index contributed by atoms with van der Waals surface area (Å²) in [5, 5.41) is 12.3. The zero-order valence-electron chi connectivity index (χ0n) is 14.8. The van der Waals surface area contributed by atoms with Gasteiger partial charge in [-0.3, -0.25) is 4.90 Å². The zero-order valence-corrected chi connectivity index (χ0v) is 14.8. The third kappa shape index (κ3) is 2.90. The smallest absolute Gasteiger partial charge is 0.165 e. The number of likely N-dealkylation sites (tertiary alicyclic amines) is 1. The van der Waals surface area contributed by atoms with E-state index in [1.807, 2.05) is 4.68 Å². The molecule has 0 N–H and O–H groups in total. The van der Waals surface area contributed by atoms with E-state index in [0.29, 0.717) is 0 Å². The molecule has 0 amide bonds. The number of hydrogen-bond acceptors (Lipinski definition) is 5. The van der Waals surface area contributed by atoms with Gasteiger partial charge in [0.15, 0.2) is 5.82 Å². The SMILES string of the molecule is CC(C)(C)n1nnnc1CN1C[C@H]2CN(c3ccccc3)C[C@@H]2C1. The average Bonchev–Trinajstić information content (AvgIpc) is 3.22. The maximum Gasteiger partial charge on any atom is 0.165 e. The van der Waals surface area contributed by atoms with Crippen LogP contribution < -0.4 is 4.90 Å². The van der Waals surface area contributed by atoms with Gasteiger partial charge in [-0.25, -0.2) is 4.68 Å². The lowest BCUT2D eigenvalue weighted by atomic mass is 10.0. The fraction of sp³-hybridized carbons (Fsp3) is 0.611. The van der Waals surface area contributed by atoms with Gasteiger partial charge >= 0.3 is 0 Å². The van der Waals surface area contributed by atoms with Gasteiger partial charge in [-0.2, -0.15) is 0 Å². The van der Waals surface area contributed by atoms with E-state index >= 15 is 0 Å². The molecule has 2 aliphatic rings. The van der Waals surface area contributed by atoms with Gasteiger partial charge in [0.25, 0.3) is 0 Å². The summed E-state index contributed by atoms with van der Waals surface area (Å²) in [6.45, 7) is 11.9. The van der Waals surface area contributed by atoms with Crippen LogP contribution in [0.5, 0.6) is 0 Å². The molecule has 0 saturated carbocycles. The minimum absolute atomic E-state index is 0.0709.